The first-order chi connectivity index (χ1) is 18.9. The summed E-state index contributed by atoms with van der Waals surface area (Å²) >= 11 is 0. The number of carbonyl (C=O) groups is 2. The fraction of sp³-hybridized carbons (Fsp3) is 0.700. The van der Waals surface area contributed by atoms with Crippen molar-refractivity contribution in [3.05, 3.63) is 23.5 Å². The average Bonchev–Trinajstić information content (AvgIpc) is 3.28. The van der Waals surface area contributed by atoms with Crippen molar-refractivity contribution in [1.29, 1.82) is 0 Å². The Kier molecular flexibility index (Phi) is 7.15. The zero-order chi connectivity index (χ0) is 30.1. The maximum Gasteiger partial charge on any atom is 0.391 e. The molecule has 41 heavy (non-hydrogen) atoms. The number of nitrogens with zero attached hydrogens (tertiary/aromatic N) is 4. The molecule has 1 saturated carbocycles. The van der Waals surface area contributed by atoms with E-state index >= 15 is 0 Å². The number of fused-ring (bicyclic) bond motifs is 1. The van der Waals surface area contributed by atoms with Crippen molar-refractivity contribution in [2.45, 2.75) is 90.0 Å². The predicted molar refractivity (Wildman–Crippen MR) is 149 cm³/mol. The Hall–Kier alpha value is -2.82. The van der Waals surface area contributed by atoms with Gasteiger partial charge in [0.15, 0.2) is 11.3 Å². The van der Waals surface area contributed by atoms with Crippen LogP contribution in [0.3, 0.4) is 0 Å². The van der Waals surface area contributed by atoms with E-state index in [1.165, 1.54) is 0 Å². The Morgan fingerprint density at radius 3 is 2.20 bits per heavy atom. The molecule has 3 fully saturated rings. The molecular formula is C30H41F3N4O4. The summed E-state index contributed by atoms with van der Waals surface area (Å²) in [5.74, 6) is -1.02. The fourth-order valence-corrected chi connectivity index (χ4v) is 6.56. The van der Waals surface area contributed by atoms with Gasteiger partial charge in [-0.3, -0.25) is 9.59 Å². The summed E-state index contributed by atoms with van der Waals surface area (Å²) in [6.45, 7) is 13.3. The second kappa shape index (κ2) is 9.88. The van der Waals surface area contributed by atoms with Crippen LogP contribution in [0.4, 0.5) is 19.0 Å². The van der Waals surface area contributed by atoms with Crippen molar-refractivity contribution in [1.82, 2.24) is 14.8 Å². The van der Waals surface area contributed by atoms with Crippen LogP contribution in [-0.2, 0) is 10.2 Å². The van der Waals surface area contributed by atoms with E-state index in [0.29, 0.717) is 49.4 Å². The lowest BCUT2D eigenvalue weighted by Gasteiger charge is -2.49. The number of piperazine rings is 1. The lowest BCUT2D eigenvalue weighted by Crippen LogP contribution is -2.63. The quantitative estimate of drug-likeness (QED) is 0.544. The average molecular weight is 579 g/mol. The summed E-state index contributed by atoms with van der Waals surface area (Å²) in [6.07, 6.45) is -3.24. The highest BCUT2D eigenvalue weighted by Gasteiger charge is 2.47. The highest BCUT2D eigenvalue weighted by molar-refractivity contribution is 5.97. The van der Waals surface area contributed by atoms with Crippen LogP contribution in [0.25, 0.3) is 11.1 Å². The molecule has 0 aromatic carbocycles. The number of amides is 2. The molecule has 2 saturated heterocycles. The monoisotopic (exact) mass is 578 g/mol. The minimum absolute atomic E-state index is 0.0197. The lowest BCUT2D eigenvalue weighted by atomic mass is 9.71. The molecule has 0 spiro atoms. The number of carbonyl (C=O) groups excluding carboxylic acids is 2. The molecule has 4 heterocycles. The van der Waals surface area contributed by atoms with Crippen molar-refractivity contribution in [2.75, 3.05) is 37.6 Å². The highest BCUT2D eigenvalue weighted by atomic mass is 19.4. The standard InChI is InChI=1S/C30H41F3N4O4/c1-27(2,3)20-13-23(35-9-7-19(8-10-35)30(31,32)33)34-21-14-22(41-24(20)21)26(39)37-12-11-36(17-28(37,4)5)25(38)18-15-29(6,40)16-18/h13-14,18-19,40H,7-12,15-17H2,1-6H3/t18-,29-. The van der Waals surface area contributed by atoms with Gasteiger partial charge >= 0.3 is 6.18 Å². The van der Waals surface area contributed by atoms with Crippen molar-refractivity contribution >= 4 is 28.7 Å². The van der Waals surface area contributed by atoms with Crippen LogP contribution in [0.15, 0.2) is 16.5 Å². The van der Waals surface area contributed by atoms with Gasteiger partial charge in [0.1, 0.15) is 11.3 Å². The maximum absolute atomic E-state index is 13.8. The van der Waals surface area contributed by atoms with Crippen molar-refractivity contribution in [3.8, 4) is 0 Å². The molecule has 1 N–H and O–H groups in total. The van der Waals surface area contributed by atoms with Crippen molar-refractivity contribution < 1.29 is 32.3 Å². The first kappa shape index (κ1) is 29.7. The third-order valence-corrected chi connectivity index (χ3v) is 8.95. The second-order valence-corrected chi connectivity index (χ2v) is 14.0. The molecule has 1 aliphatic carbocycles. The summed E-state index contributed by atoms with van der Waals surface area (Å²) in [4.78, 5) is 36.9. The summed E-state index contributed by atoms with van der Waals surface area (Å²) < 4.78 is 45.8. The summed E-state index contributed by atoms with van der Waals surface area (Å²) in [5.41, 5.74) is 0.0329. The van der Waals surface area contributed by atoms with E-state index in [1.807, 2.05) is 45.6 Å². The number of aromatic nitrogens is 1. The van der Waals surface area contributed by atoms with Crippen LogP contribution >= 0.6 is 0 Å². The van der Waals surface area contributed by atoms with E-state index in [4.69, 9.17) is 9.40 Å². The fourth-order valence-electron chi connectivity index (χ4n) is 6.56. The predicted octanol–water partition coefficient (Wildman–Crippen LogP) is 5.13. The molecule has 11 heteroatoms. The first-order valence-corrected chi connectivity index (χ1v) is 14.5. The molecule has 2 aliphatic heterocycles. The van der Waals surface area contributed by atoms with Gasteiger partial charge in [0.25, 0.3) is 5.91 Å². The van der Waals surface area contributed by atoms with Gasteiger partial charge in [-0.2, -0.15) is 13.2 Å². The number of pyridine rings is 1. The van der Waals surface area contributed by atoms with E-state index in [-0.39, 0.29) is 54.8 Å². The van der Waals surface area contributed by atoms with Crippen LogP contribution in [0, 0.1) is 11.8 Å². The summed E-state index contributed by atoms with van der Waals surface area (Å²) in [6, 6.07) is 3.50. The number of aliphatic hydroxyl groups is 1. The number of rotatable bonds is 3. The molecule has 3 aliphatic rings. The molecule has 226 valence electrons. The number of halogens is 3. The maximum atomic E-state index is 13.8. The Bertz CT molecular complexity index is 1330. The van der Waals surface area contributed by atoms with Crippen molar-refractivity contribution in [3.63, 3.8) is 0 Å². The van der Waals surface area contributed by atoms with Gasteiger partial charge in [-0.1, -0.05) is 20.8 Å². The van der Waals surface area contributed by atoms with Gasteiger partial charge in [-0.05, 0) is 57.9 Å². The topological polar surface area (TPSA) is 90.1 Å². The number of furan rings is 1. The molecule has 0 radical (unpaired) electrons. The molecule has 0 bridgehead atoms. The summed E-state index contributed by atoms with van der Waals surface area (Å²) in [5, 5.41) is 10.1. The summed E-state index contributed by atoms with van der Waals surface area (Å²) in [7, 11) is 0. The van der Waals surface area contributed by atoms with Crippen LogP contribution in [0.5, 0.6) is 0 Å². The third kappa shape index (κ3) is 5.79. The van der Waals surface area contributed by atoms with E-state index in [2.05, 4.69) is 0 Å². The Morgan fingerprint density at radius 2 is 1.66 bits per heavy atom. The number of anilines is 1. The highest BCUT2D eigenvalue weighted by Crippen LogP contribution is 2.40. The smallest absolute Gasteiger partial charge is 0.391 e. The van der Waals surface area contributed by atoms with Gasteiger partial charge in [0.2, 0.25) is 5.91 Å². The van der Waals surface area contributed by atoms with Crippen LogP contribution < -0.4 is 4.90 Å². The number of hydrogen-bond acceptors (Lipinski definition) is 6. The molecule has 0 unspecified atom stereocenters. The lowest BCUT2D eigenvalue weighted by molar-refractivity contribution is -0.179. The zero-order valence-corrected chi connectivity index (χ0v) is 24.8. The van der Waals surface area contributed by atoms with Crippen LogP contribution in [0.2, 0.25) is 0 Å². The number of hydrogen-bond donors (Lipinski definition) is 1. The van der Waals surface area contributed by atoms with Crippen molar-refractivity contribution in [2.24, 2.45) is 11.8 Å². The number of piperidine rings is 1. The Labute approximate surface area is 238 Å². The van der Waals surface area contributed by atoms with E-state index in [9.17, 15) is 27.9 Å². The van der Waals surface area contributed by atoms with Crippen LogP contribution in [-0.4, -0.2) is 81.7 Å². The van der Waals surface area contributed by atoms with Gasteiger partial charge in [-0.15, -0.1) is 0 Å². The van der Waals surface area contributed by atoms with E-state index < -0.39 is 23.2 Å². The third-order valence-electron chi connectivity index (χ3n) is 8.95. The molecular weight excluding hydrogens is 537 g/mol. The zero-order valence-electron chi connectivity index (χ0n) is 24.8. The minimum Gasteiger partial charge on any atom is -0.449 e. The SMILES string of the molecule is CC(C)(C)c1cc(N2CCC(C(F)(F)F)CC2)nc2cc(C(=O)N3CCN(C(=O)[C@H]4C[C@](C)(O)C4)CC3(C)C)oc12. The molecule has 2 aromatic rings. The van der Waals surface area contributed by atoms with Gasteiger partial charge < -0.3 is 24.2 Å². The largest absolute Gasteiger partial charge is 0.449 e. The molecule has 0 atom stereocenters. The molecule has 8 nitrogen and oxygen atoms in total. The van der Waals surface area contributed by atoms with Gasteiger partial charge in [0, 0.05) is 50.3 Å². The van der Waals surface area contributed by atoms with Crippen LogP contribution in [0.1, 0.15) is 83.3 Å². The number of alkyl halides is 3. The second-order valence-electron chi connectivity index (χ2n) is 14.0. The molecule has 2 aromatic heterocycles. The minimum atomic E-state index is -4.19. The van der Waals surface area contributed by atoms with Gasteiger partial charge in [0.05, 0.1) is 17.1 Å². The Morgan fingerprint density at radius 1 is 1.02 bits per heavy atom. The molecule has 2 amide bonds. The molecule has 5 rings (SSSR count). The van der Waals surface area contributed by atoms with E-state index in [1.54, 1.807) is 22.8 Å². The Balaban J connectivity index is 1.37. The van der Waals surface area contributed by atoms with Gasteiger partial charge in [-0.25, -0.2) is 4.98 Å². The van der Waals surface area contributed by atoms with E-state index in [0.717, 1.165) is 5.56 Å². The normalized spacial score (nSPS) is 25.9. The first-order valence-electron chi connectivity index (χ1n) is 14.5.